The average Bonchev–Trinajstić information content (AvgIpc) is 2.25. The molecule has 0 heterocycles. The Morgan fingerprint density at radius 3 is 2.19 bits per heavy atom. The molecule has 1 aromatic carbocycles. The lowest BCUT2D eigenvalue weighted by atomic mass is 10.3. The molecule has 1 rings (SSSR count). The number of hydrogen-bond acceptors (Lipinski definition) is 4. The quantitative estimate of drug-likeness (QED) is 0.768. The van der Waals surface area contributed by atoms with Crippen LogP contribution in [-0.4, -0.2) is 28.1 Å². The summed E-state index contributed by atoms with van der Waals surface area (Å²) in [6, 6.07) is 6.48. The monoisotopic (exact) mass is 243 g/mol. The van der Waals surface area contributed by atoms with Crippen molar-refractivity contribution in [3.05, 3.63) is 24.3 Å². The van der Waals surface area contributed by atoms with Crippen molar-refractivity contribution in [3.63, 3.8) is 0 Å². The summed E-state index contributed by atoms with van der Waals surface area (Å²) in [4.78, 5) is 2.19. The van der Waals surface area contributed by atoms with Crippen LogP contribution in [0.3, 0.4) is 0 Å². The second-order valence-electron chi connectivity index (χ2n) is 3.41. The van der Waals surface area contributed by atoms with E-state index in [1.807, 2.05) is 6.92 Å². The van der Waals surface area contributed by atoms with Gasteiger partial charge >= 0.3 is 0 Å². The number of likely N-dealkylation sites (N-methyl/N-ethyl adjacent to an activating group) is 1. The Balaban J connectivity index is 2.93. The number of primary sulfonamides is 1. The third kappa shape index (κ3) is 3.19. The molecule has 6 heteroatoms. The molecule has 0 atom stereocenters. The van der Waals surface area contributed by atoms with Crippen LogP contribution in [0.25, 0.3) is 0 Å². The Kier molecular flexibility index (Phi) is 4.28. The van der Waals surface area contributed by atoms with Gasteiger partial charge in [0.25, 0.3) is 0 Å². The average molecular weight is 243 g/mol. The molecule has 0 unspecified atom stereocenters. The van der Waals surface area contributed by atoms with Crippen LogP contribution in [0.15, 0.2) is 29.2 Å². The largest absolute Gasteiger partial charge is 0.371 e. The molecule has 1 aromatic rings. The van der Waals surface area contributed by atoms with Crippen molar-refractivity contribution >= 4 is 15.7 Å². The first-order valence-corrected chi connectivity index (χ1v) is 6.61. The van der Waals surface area contributed by atoms with E-state index in [-0.39, 0.29) is 4.90 Å². The highest BCUT2D eigenvalue weighted by Crippen LogP contribution is 2.16. The molecule has 90 valence electrons. The number of benzene rings is 1. The smallest absolute Gasteiger partial charge is 0.238 e. The van der Waals surface area contributed by atoms with Crippen LogP contribution in [-0.2, 0) is 10.0 Å². The van der Waals surface area contributed by atoms with Crippen LogP contribution in [0, 0.1) is 0 Å². The van der Waals surface area contributed by atoms with Crippen molar-refractivity contribution in [2.75, 3.05) is 24.5 Å². The van der Waals surface area contributed by atoms with Gasteiger partial charge in [0.05, 0.1) is 4.90 Å². The summed E-state index contributed by atoms with van der Waals surface area (Å²) >= 11 is 0. The maximum absolute atomic E-state index is 11.1. The summed E-state index contributed by atoms with van der Waals surface area (Å²) in [5, 5.41) is 5.01. The van der Waals surface area contributed by atoms with Gasteiger partial charge in [-0.15, -0.1) is 0 Å². The maximum Gasteiger partial charge on any atom is 0.238 e. The summed E-state index contributed by atoms with van der Waals surface area (Å²) in [7, 11) is -3.61. The Hall–Kier alpha value is -1.11. The van der Waals surface area contributed by atoms with E-state index in [0.717, 1.165) is 18.8 Å². The molecule has 0 aliphatic rings. The topological polar surface area (TPSA) is 89.4 Å². The predicted octanol–water partition coefficient (Wildman–Crippen LogP) is 0.119. The molecule has 5 nitrogen and oxygen atoms in total. The minimum absolute atomic E-state index is 0.125. The fourth-order valence-corrected chi connectivity index (χ4v) is 1.99. The van der Waals surface area contributed by atoms with Gasteiger partial charge in [-0.25, -0.2) is 13.6 Å². The molecular formula is C10H17N3O2S. The van der Waals surface area contributed by atoms with Crippen LogP contribution in [0.4, 0.5) is 5.69 Å². The Morgan fingerprint density at radius 2 is 1.81 bits per heavy atom. The normalized spacial score (nSPS) is 11.4. The van der Waals surface area contributed by atoms with E-state index in [2.05, 4.69) is 4.90 Å². The molecular weight excluding hydrogens is 226 g/mol. The zero-order chi connectivity index (χ0) is 12.2. The van der Waals surface area contributed by atoms with Crippen molar-refractivity contribution in [1.29, 1.82) is 0 Å². The van der Waals surface area contributed by atoms with Crippen LogP contribution in [0.5, 0.6) is 0 Å². The zero-order valence-electron chi connectivity index (χ0n) is 9.26. The second-order valence-corrected chi connectivity index (χ2v) is 4.97. The van der Waals surface area contributed by atoms with Gasteiger partial charge < -0.3 is 10.6 Å². The minimum atomic E-state index is -3.61. The molecule has 0 bridgehead atoms. The summed E-state index contributed by atoms with van der Waals surface area (Å²) in [6.45, 7) is 4.14. The number of nitrogens with two attached hydrogens (primary N) is 2. The van der Waals surface area contributed by atoms with Crippen molar-refractivity contribution < 1.29 is 8.42 Å². The summed E-state index contributed by atoms with van der Waals surface area (Å²) in [5.41, 5.74) is 6.43. The first-order chi connectivity index (χ1) is 7.49. The van der Waals surface area contributed by atoms with Crippen molar-refractivity contribution in [3.8, 4) is 0 Å². The van der Waals surface area contributed by atoms with E-state index in [4.69, 9.17) is 10.9 Å². The third-order valence-corrected chi connectivity index (χ3v) is 3.24. The molecule has 0 saturated carbocycles. The first kappa shape index (κ1) is 13.0. The van der Waals surface area contributed by atoms with Gasteiger partial charge in [-0.1, -0.05) is 0 Å². The van der Waals surface area contributed by atoms with Crippen LogP contribution in [0.1, 0.15) is 6.92 Å². The number of sulfonamides is 1. The summed E-state index contributed by atoms with van der Waals surface area (Å²) in [6.07, 6.45) is 0. The van der Waals surface area contributed by atoms with Crippen LogP contribution >= 0.6 is 0 Å². The van der Waals surface area contributed by atoms with E-state index in [1.165, 1.54) is 12.1 Å². The van der Waals surface area contributed by atoms with Gasteiger partial charge in [0.15, 0.2) is 0 Å². The number of nitrogens with zero attached hydrogens (tertiary/aromatic N) is 1. The van der Waals surface area contributed by atoms with Gasteiger partial charge in [-0.2, -0.15) is 0 Å². The molecule has 0 aromatic heterocycles. The minimum Gasteiger partial charge on any atom is -0.371 e. The molecule has 0 fully saturated rings. The molecule has 0 amide bonds. The van der Waals surface area contributed by atoms with Crippen LogP contribution < -0.4 is 15.8 Å². The maximum atomic E-state index is 11.1. The van der Waals surface area contributed by atoms with E-state index in [1.54, 1.807) is 12.1 Å². The zero-order valence-corrected chi connectivity index (χ0v) is 10.1. The van der Waals surface area contributed by atoms with E-state index >= 15 is 0 Å². The fourth-order valence-electron chi connectivity index (χ4n) is 1.47. The highest BCUT2D eigenvalue weighted by atomic mass is 32.2. The van der Waals surface area contributed by atoms with E-state index in [9.17, 15) is 8.42 Å². The van der Waals surface area contributed by atoms with Gasteiger partial charge in [0, 0.05) is 25.3 Å². The van der Waals surface area contributed by atoms with Gasteiger partial charge in [-0.05, 0) is 31.2 Å². The molecule has 0 aliphatic heterocycles. The molecule has 0 spiro atoms. The SMILES string of the molecule is CCN(CCN)c1ccc(S(N)(=O)=O)cc1. The van der Waals surface area contributed by atoms with Gasteiger partial charge in [-0.3, -0.25) is 0 Å². The molecule has 0 saturated heterocycles. The first-order valence-electron chi connectivity index (χ1n) is 5.07. The Morgan fingerprint density at radius 1 is 1.25 bits per heavy atom. The second kappa shape index (κ2) is 5.29. The molecule has 16 heavy (non-hydrogen) atoms. The highest BCUT2D eigenvalue weighted by Gasteiger charge is 2.08. The van der Waals surface area contributed by atoms with E-state index < -0.39 is 10.0 Å². The highest BCUT2D eigenvalue weighted by molar-refractivity contribution is 7.89. The van der Waals surface area contributed by atoms with Crippen molar-refractivity contribution in [1.82, 2.24) is 0 Å². The summed E-state index contributed by atoms with van der Waals surface area (Å²) < 4.78 is 22.1. The van der Waals surface area contributed by atoms with Crippen molar-refractivity contribution in [2.45, 2.75) is 11.8 Å². The predicted molar refractivity (Wildman–Crippen MR) is 64.8 cm³/mol. The third-order valence-electron chi connectivity index (χ3n) is 2.31. The van der Waals surface area contributed by atoms with E-state index in [0.29, 0.717) is 6.54 Å². The van der Waals surface area contributed by atoms with Gasteiger partial charge in [0.2, 0.25) is 10.0 Å². The molecule has 0 radical (unpaired) electrons. The number of hydrogen-bond donors (Lipinski definition) is 2. The standard InChI is InChI=1S/C10H17N3O2S/c1-2-13(8-7-11)9-3-5-10(6-4-9)16(12,14)15/h3-6H,2,7-8,11H2,1H3,(H2,12,14,15). The van der Waals surface area contributed by atoms with Gasteiger partial charge in [0.1, 0.15) is 0 Å². The lowest BCUT2D eigenvalue weighted by Crippen LogP contribution is -2.29. The van der Waals surface area contributed by atoms with Crippen LogP contribution in [0.2, 0.25) is 0 Å². The summed E-state index contributed by atoms with van der Waals surface area (Å²) in [5.74, 6) is 0. The number of rotatable bonds is 5. The molecule has 4 N–H and O–H groups in total. The van der Waals surface area contributed by atoms with Crippen molar-refractivity contribution in [2.24, 2.45) is 10.9 Å². The molecule has 0 aliphatic carbocycles. The lowest BCUT2D eigenvalue weighted by Gasteiger charge is -2.22. The lowest BCUT2D eigenvalue weighted by molar-refractivity contribution is 0.598. The fraction of sp³-hybridized carbons (Fsp3) is 0.400. The number of anilines is 1. The Bertz CT molecular complexity index is 428. The Labute approximate surface area is 96.1 Å².